The first-order valence-corrected chi connectivity index (χ1v) is 11.6. The van der Waals surface area contributed by atoms with Crippen LogP contribution in [0.4, 0.5) is 5.69 Å². The maximum Gasteiger partial charge on any atom is 0.142 e. The fourth-order valence-corrected chi connectivity index (χ4v) is 6.21. The predicted molar refractivity (Wildman–Crippen MR) is 117 cm³/mol. The molecule has 1 aromatic carbocycles. The van der Waals surface area contributed by atoms with Crippen LogP contribution in [0.25, 0.3) is 0 Å². The minimum absolute atomic E-state index is 0.348. The van der Waals surface area contributed by atoms with E-state index in [2.05, 4.69) is 46.3 Å². The first-order chi connectivity index (χ1) is 13.7. The maximum absolute atomic E-state index is 5.62. The molecule has 1 N–H and O–H groups in total. The zero-order valence-electron chi connectivity index (χ0n) is 18.0. The van der Waals surface area contributed by atoms with Crippen molar-refractivity contribution >= 4 is 5.69 Å². The number of ether oxygens (including phenoxy) is 1. The number of rotatable bonds is 5. The van der Waals surface area contributed by atoms with Crippen LogP contribution in [0, 0.1) is 11.8 Å². The topological polar surface area (TPSA) is 27.7 Å². The van der Waals surface area contributed by atoms with Crippen molar-refractivity contribution in [3.05, 3.63) is 24.3 Å². The third-order valence-electron chi connectivity index (χ3n) is 7.94. The maximum atomic E-state index is 5.62. The first kappa shape index (κ1) is 20.0. The molecule has 2 heterocycles. The van der Waals surface area contributed by atoms with Crippen molar-refractivity contribution in [2.75, 3.05) is 51.3 Å². The molecule has 2 saturated heterocycles. The van der Waals surface area contributed by atoms with Crippen LogP contribution >= 0.6 is 0 Å². The van der Waals surface area contributed by atoms with Crippen molar-refractivity contribution in [2.45, 2.75) is 57.4 Å². The molecule has 0 spiro atoms. The summed E-state index contributed by atoms with van der Waals surface area (Å²) in [7, 11) is 1.78. The van der Waals surface area contributed by atoms with Crippen LogP contribution in [0.5, 0.6) is 5.75 Å². The van der Waals surface area contributed by atoms with E-state index in [1.165, 1.54) is 76.8 Å². The van der Waals surface area contributed by atoms with E-state index >= 15 is 0 Å². The van der Waals surface area contributed by atoms with Gasteiger partial charge in [-0.2, -0.15) is 0 Å². The van der Waals surface area contributed by atoms with E-state index in [1.807, 2.05) is 0 Å². The number of para-hydroxylation sites is 2. The van der Waals surface area contributed by atoms with E-state index in [4.69, 9.17) is 4.74 Å². The molecule has 3 aliphatic rings. The van der Waals surface area contributed by atoms with Gasteiger partial charge in [-0.05, 0) is 69.7 Å². The number of piperazine rings is 1. The average Bonchev–Trinajstić information content (AvgIpc) is 2.80. The highest BCUT2D eigenvalue weighted by Crippen LogP contribution is 2.44. The van der Waals surface area contributed by atoms with E-state index < -0.39 is 0 Å². The Morgan fingerprint density at radius 3 is 2.32 bits per heavy atom. The minimum Gasteiger partial charge on any atom is -0.495 e. The fourth-order valence-electron chi connectivity index (χ4n) is 6.21. The van der Waals surface area contributed by atoms with Crippen molar-refractivity contribution < 1.29 is 4.74 Å². The van der Waals surface area contributed by atoms with E-state index in [1.54, 1.807) is 7.11 Å². The summed E-state index contributed by atoms with van der Waals surface area (Å²) in [5.74, 6) is 2.66. The van der Waals surface area contributed by atoms with Crippen molar-refractivity contribution in [2.24, 2.45) is 11.8 Å². The molecular formula is C24H39N3O. The molecule has 2 aliphatic heterocycles. The molecule has 1 aromatic rings. The number of nitrogens with one attached hydrogen (secondary N) is 1. The van der Waals surface area contributed by atoms with Crippen LogP contribution in [0.2, 0.25) is 0 Å². The molecule has 4 rings (SSSR count). The number of piperidine rings is 1. The first-order valence-electron chi connectivity index (χ1n) is 11.6. The fraction of sp³-hybridized carbons (Fsp3) is 0.750. The van der Waals surface area contributed by atoms with Crippen LogP contribution in [0.3, 0.4) is 0 Å². The Morgan fingerprint density at radius 1 is 0.929 bits per heavy atom. The van der Waals surface area contributed by atoms with Crippen LogP contribution < -0.4 is 15.0 Å². The van der Waals surface area contributed by atoms with E-state index in [-0.39, 0.29) is 0 Å². The molecule has 156 valence electrons. The molecule has 0 radical (unpaired) electrons. The third kappa shape index (κ3) is 3.91. The Hall–Kier alpha value is -1.26. The van der Waals surface area contributed by atoms with Gasteiger partial charge >= 0.3 is 0 Å². The summed E-state index contributed by atoms with van der Waals surface area (Å²) < 4.78 is 5.62. The van der Waals surface area contributed by atoms with E-state index in [0.717, 1.165) is 30.7 Å². The van der Waals surface area contributed by atoms with Gasteiger partial charge < -0.3 is 15.0 Å². The highest BCUT2D eigenvalue weighted by molar-refractivity contribution is 5.58. The van der Waals surface area contributed by atoms with Crippen molar-refractivity contribution in [3.8, 4) is 5.75 Å². The Balaban J connectivity index is 1.50. The van der Waals surface area contributed by atoms with Gasteiger partial charge in [-0.1, -0.05) is 31.4 Å². The highest BCUT2D eigenvalue weighted by atomic mass is 16.5. The molecule has 28 heavy (non-hydrogen) atoms. The van der Waals surface area contributed by atoms with Crippen LogP contribution in [-0.2, 0) is 0 Å². The Morgan fingerprint density at radius 2 is 1.64 bits per heavy atom. The van der Waals surface area contributed by atoms with Crippen LogP contribution in [0.1, 0.15) is 51.9 Å². The molecule has 1 aliphatic carbocycles. The van der Waals surface area contributed by atoms with Gasteiger partial charge in [0.1, 0.15) is 5.75 Å². The second kappa shape index (κ2) is 9.04. The summed E-state index contributed by atoms with van der Waals surface area (Å²) in [5.41, 5.74) is 1.60. The van der Waals surface area contributed by atoms with Crippen molar-refractivity contribution in [1.82, 2.24) is 10.2 Å². The molecule has 4 nitrogen and oxygen atoms in total. The summed E-state index contributed by atoms with van der Waals surface area (Å²) in [5, 5.41) is 3.71. The van der Waals surface area contributed by atoms with Crippen molar-refractivity contribution in [3.63, 3.8) is 0 Å². The lowest BCUT2D eigenvalue weighted by molar-refractivity contribution is -0.0302. The zero-order valence-corrected chi connectivity index (χ0v) is 18.0. The second-order valence-electron chi connectivity index (χ2n) is 9.25. The Bertz CT molecular complexity index is 596. The van der Waals surface area contributed by atoms with Gasteiger partial charge in [0.2, 0.25) is 0 Å². The third-order valence-corrected chi connectivity index (χ3v) is 7.94. The molecule has 2 atom stereocenters. The van der Waals surface area contributed by atoms with Gasteiger partial charge in [0, 0.05) is 31.7 Å². The molecule has 2 unspecified atom stereocenters. The van der Waals surface area contributed by atoms with Gasteiger partial charge in [-0.25, -0.2) is 0 Å². The smallest absolute Gasteiger partial charge is 0.142 e. The lowest BCUT2D eigenvalue weighted by Gasteiger charge is -2.55. The van der Waals surface area contributed by atoms with Gasteiger partial charge in [0.05, 0.1) is 12.8 Å². The summed E-state index contributed by atoms with van der Waals surface area (Å²) in [6.45, 7) is 9.58. The number of nitrogens with zero attached hydrogens (tertiary/aromatic N) is 2. The summed E-state index contributed by atoms with van der Waals surface area (Å²) in [6.07, 6.45) is 9.90. The van der Waals surface area contributed by atoms with Crippen LogP contribution in [-0.4, -0.2) is 56.8 Å². The molecule has 0 amide bonds. The monoisotopic (exact) mass is 385 g/mol. The molecular weight excluding hydrogens is 346 g/mol. The van der Waals surface area contributed by atoms with E-state index in [0.29, 0.717) is 5.54 Å². The number of hydrogen-bond donors (Lipinski definition) is 1. The Kier molecular flexibility index (Phi) is 6.47. The normalized spacial score (nSPS) is 27.4. The summed E-state index contributed by atoms with van der Waals surface area (Å²) >= 11 is 0. The largest absolute Gasteiger partial charge is 0.495 e. The van der Waals surface area contributed by atoms with Crippen molar-refractivity contribution in [1.29, 1.82) is 0 Å². The number of anilines is 1. The standard InChI is InChI=1S/C24H39N3O/c1-24(20-9-4-3-5-10-20,21-11-8-14-25-19-21)27-17-15-26(16-18-27)22-12-6-7-13-23(22)28-2/h6-7,12-13,20-21,25H,3-5,8-11,14-19H2,1-2H3. The summed E-state index contributed by atoms with van der Waals surface area (Å²) in [4.78, 5) is 5.41. The van der Waals surface area contributed by atoms with Crippen LogP contribution in [0.15, 0.2) is 24.3 Å². The quantitative estimate of drug-likeness (QED) is 0.824. The summed E-state index contributed by atoms with van der Waals surface area (Å²) in [6, 6.07) is 8.49. The Labute approximate surface area is 171 Å². The SMILES string of the molecule is COc1ccccc1N1CCN(C(C)(C2CCCCC2)C2CCCNC2)CC1. The molecule has 3 fully saturated rings. The van der Waals surface area contributed by atoms with Gasteiger partial charge in [0.25, 0.3) is 0 Å². The molecule has 0 aromatic heterocycles. The number of benzene rings is 1. The van der Waals surface area contributed by atoms with Gasteiger partial charge in [-0.3, -0.25) is 4.90 Å². The molecule has 4 heteroatoms. The molecule has 1 saturated carbocycles. The highest BCUT2D eigenvalue weighted by Gasteiger charge is 2.46. The van der Waals surface area contributed by atoms with E-state index in [9.17, 15) is 0 Å². The lowest BCUT2D eigenvalue weighted by Crippen LogP contribution is -2.64. The lowest BCUT2D eigenvalue weighted by atomic mass is 9.66. The average molecular weight is 386 g/mol. The van der Waals surface area contributed by atoms with Gasteiger partial charge in [0.15, 0.2) is 0 Å². The minimum atomic E-state index is 0.348. The van der Waals surface area contributed by atoms with Gasteiger partial charge in [-0.15, -0.1) is 0 Å². The number of hydrogen-bond acceptors (Lipinski definition) is 4. The number of methoxy groups -OCH3 is 1. The molecule has 0 bridgehead atoms. The predicted octanol–water partition coefficient (Wildman–Crippen LogP) is 4.16. The second-order valence-corrected chi connectivity index (χ2v) is 9.25. The zero-order chi connectivity index (χ0) is 19.4.